The van der Waals surface area contributed by atoms with Gasteiger partial charge in [-0.25, -0.2) is 0 Å². The number of rotatable bonds is 4. The molecule has 1 spiro atoms. The van der Waals surface area contributed by atoms with Gasteiger partial charge in [0.25, 0.3) is 0 Å². The van der Waals surface area contributed by atoms with E-state index in [0.29, 0.717) is 0 Å². The predicted octanol–water partition coefficient (Wildman–Crippen LogP) is 2.95. The van der Waals surface area contributed by atoms with Gasteiger partial charge in [0.1, 0.15) is 11.4 Å². The van der Waals surface area contributed by atoms with E-state index in [1.54, 1.807) is 7.11 Å². The lowest BCUT2D eigenvalue weighted by atomic mass is 9.87. The Morgan fingerprint density at radius 2 is 2.25 bits per heavy atom. The molecule has 3 heterocycles. The second kappa shape index (κ2) is 6.39. The topological polar surface area (TPSA) is 46.7 Å². The van der Waals surface area contributed by atoms with E-state index in [1.807, 2.05) is 13.2 Å². The van der Waals surface area contributed by atoms with E-state index in [-0.39, 0.29) is 11.7 Å². The summed E-state index contributed by atoms with van der Waals surface area (Å²) in [6.07, 6.45) is 3.50. The standard InChI is InChI=1S/C19H26N2O3/c1-22-16-4-5-17-14(11-16)10-15(20-17)12-21-8-6-18(23-2)19(13-21)7-3-9-24-19/h4-5,10-11,18,20H,3,6-9,12-13H2,1-2H3/t18-,19-/m0/s1. The Hall–Kier alpha value is -1.56. The van der Waals surface area contributed by atoms with Crippen LogP contribution in [0.25, 0.3) is 10.9 Å². The highest BCUT2D eigenvalue weighted by molar-refractivity contribution is 5.81. The van der Waals surface area contributed by atoms with Crippen molar-refractivity contribution in [1.29, 1.82) is 0 Å². The monoisotopic (exact) mass is 330 g/mol. The molecule has 5 heteroatoms. The van der Waals surface area contributed by atoms with E-state index in [2.05, 4.69) is 28.1 Å². The Morgan fingerprint density at radius 1 is 1.33 bits per heavy atom. The number of ether oxygens (including phenoxy) is 3. The smallest absolute Gasteiger partial charge is 0.119 e. The summed E-state index contributed by atoms with van der Waals surface area (Å²) in [5, 5.41) is 1.20. The van der Waals surface area contributed by atoms with Gasteiger partial charge in [-0.3, -0.25) is 4.90 Å². The van der Waals surface area contributed by atoms with Gasteiger partial charge in [-0.2, -0.15) is 0 Å². The summed E-state index contributed by atoms with van der Waals surface area (Å²) in [6.45, 7) is 3.77. The SMILES string of the molecule is COc1ccc2[nH]c(CN3CC[C@H](OC)[C@]4(CCCO4)C3)cc2c1. The Bertz CT molecular complexity index is 706. The normalized spacial score (nSPS) is 28.0. The largest absolute Gasteiger partial charge is 0.497 e. The first-order valence-electron chi connectivity index (χ1n) is 8.77. The summed E-state index contributed by atoms with van der Waals surface area (Å²) < 4.78 is 17.2. The third-order valence-electron chi connectivity index (χ3n) is 5.48. The number of benzene rings is 1. The average molecular weight is 330 g/mol. The molecule has 1 N–H and O–H groups in total. The van der Waals surface area contributed by atoms with Crippen LogP contribution in [0.3, 0.4) is 0 Å². The Kier molecular flexibility index (Phi) is 4.24. The minimum atomic E-state index is -0.109. The number of aromatic amines is 1. The Balaban J connectivity index is 1.51. The van der Waals surface area contributed by atoms with Crippen molar-refractivity contribution in [1.82, 2.24) is 9.88 Å². The summed E-state index contributed by atoms with van der Waals surface area (Å²) in [4.78, 5) is 6.02. The fourth-order valence-electron chi connectivity index (χ4n) is 4.31. The number of piperidine rings is 1. The Morgan fingerprint density at radius 3 is 3.00 bits per heavy atom. The first-order chi connectivity index (χ1) is 11.7. The van der Waals surface area contributed by atoms with Crippen LogP contribution in [0.2, 0.25) is 0 Å². The van der Waals surface area contributed by atoms with E-state index in [1.165, 1.54) is 11.1 Å². The zero-order valence-electron chi connectivity index (χ0n) is 14.5. The van der Waals surface area contributed by atoms with Crippen molar-refractivity contribution in [2.45, 2.75) is 37.5 Å². The van der Waals surface area contributed by atoms with Gasteiger partial charge in [-0.05, 0) is 43.5 Å². The van der Waals surface area contributed by atoms with Crippen LogP contribution in [0.15, 0.2) is 24.3 Å². The molecule has 2 aromatic rings. The van der Waals surface area contributed by atoms with Crippen LogP contribution in [0.4, 0.5) is 0 Å². The summed E-state index contributed by atoms with van der Waals surface area (Å²) >= 11 is 0. The van der Waals surface area contributed by atoms with Crippen molar-refractivity contribution in [3.63, 3.8) is 0 Å². The lowest BCUT2D eigenvalue weighted by molar-refractivity contribution is -0.145. The Labute approximate surface area is 142 Å². The second-order valence-electron chi connectivity index (χ2n) is 6.99. The van der Waals surface area contributed by atoms with Gasteiger partial charge in [0.2, 0.25) is 0 Å². The lowest BCUT2D eigenvalue weighted by Crippen LogP contribution is -2.56. The molecule has 2 atom stereocenters. The molecule has 4 rings (SSSR count). The lowest BCUT2D eigenvalue weighted by Gasteiger charge is -2.44. The van der Waals surface area contributed by atoms with E-state index < -0.39 is 0 Å². The van der Waals surface area contributed by atoms with E-state index >= 15 is 0 Å². The van der Waals surface area contributed by atoms with Crippen molar-refractivity contribution < 1.29 is 14.2 Å². The molecule has 1 aromatic carbocycles. The van der Waals surface area contributed by atoms with Gasteiger partial charge in [0.05, 0.1) is 13.2 Å². The molecule has 0 unspecified atom stereocenters. The molecule has 0 amide bonds. The van der Waals surface area contributed by atoms with Crippen LogP contribution < -0.4 is 4.74 Å². The summed E-state index contributed by atoms with van der Waals surface area (Å²) in [6, 6.07) is 8.38. The number of likely N-dealkylation sites (tertiary alicyclic amines) is 1. The van der Waals surface area contributed by atoms with Gasteiger partial charge in [0, 0.05) is 49.9 Å². The van der Waals surface area contributed by atoms with Crippen molar-refractivity contribution in [2.24, 2.45) is 0 Å². The quantitative estimate of drug-likeness (QED) is 0.936. The second-order valence-corrected chi connectivity index (χ2v) is 6.99. The molecule has 5 nitrogen and oxygen atoms in total. The summed E-state index contributed by atoms with van der Waals surface area (Å²) in [5.74, 6) is 0.896. The van der Waals surface area contributed by atoms with Gasteiger partial charge in [0.15, 0.2) is 0 Å². The molecule has 2 saturated heterocycles. The number of methoxy groups -OCH3 is 2. The average Bonchev–Trinajstić information content (AvgIpc) is 3.21. The molecule has 130 valence electrons. The number of fused-ring (bicyclic) bond motifs is 1. The van der Waals surface area contributed by atoms with E-state index in [9.17, 15) is 0 Å². The highest BCUT2D eigenvalue weighted by Gasteiger charge is 2.47. The van der Waals surface area contributed by atoms with Crippen molar-refractivity contribution >= 4 is 10.9 Å². The van der Waals surface area contributed by atoms with Gasteiger partial charge in [-0.1, -0.05) is 0 Å². The third-order valence-corrected chi connectivity index (χ3v) is 5.48. The van der Waals surface area contributed by atoms with Crippen molar-refractivity contribution in [2.75, 3.05) is 33.9 Å². The van der Waals surface area contributed by atoms with E-state index in [4.69, 9.17) is 14.2 Å². The minimum Gasteiger partial charge on any atom is -0.497 e. The van der Waals surface area contributed by atoms with Gasteiger partial charge < -0.3 is 19.2 Å². The minimum absolute atomic E-state index is 0.109. The summed E-state index contributed by atoms with van der Waals surface area (Å²) in [5.41, 5.74) is 2.29. The zero-order valence-corrected chi connectivity index (χ0v) is 14.5. The summed E-state index contributed by atoms with van der Waals surface area (Å²) in [7, 11) is 3.52. The number of H-pyrrole nitrogens is 1. The number of hydrogen-bond donors (Lipinski definition) is 1. The van der Waals surface area contributed by atoms with Crippen LogP contribution in [0, 0.1) is 0 Å². The number of nitrogens with one attached hydrogen (secondary N) is 1. The highest BCUT2D eigenvalue weighted by Crippen LogP contribution is 2.36. The molecule has 2 aliphatic heterocycles. The molecule has 2 fully saturated rings. The fourth-order valence-corrected chi connectivity index (χ4v) is 4.31. The van der Waals surface area contributed by atoms with E-state index in [0.717, 1.165) is 56.8 Å². The van der Waals surface area contributed by atoms with Crippen LogP contribution in [-0.2, 0) is 16.0 Å². The van der Waals surface area contributed by atoms with Crippen LogP contribution in [0.1, 0.15) is 25.0 Å². The molecule has 0 aliphatic carbocycles. The molecule has 2 aliphatic rings. The number of nitrogens with zero attached hydrogens (tertiary/aromatic N) is 1. The van der Waals surface area contributed by atoms with Gasteiger partial charge in [-0.15, -0.1) is 0 Å². The highest BCUT2D eigenvalue weighted by atomic mass is 16.6. The maximum atomic E-state index is 6.15. The first-order valence-corrected chi connectivity index (χ1v) is 8.77. The maximum Gasteiger partial charge on any atom is 0.119 e. The molecule has 0 radical (unpaired) electrons. The predicted molar refractivity (Wildman–Crippen MR) is 93.5 cm³/mol. The molecule has 1 aromatic heterocycles. The molecule has 0 saturated carbocycles. The van der Waals surface area contributed by atoms with Crippen LogP contribution in [-0.4, -0.2) is 55.5 Å². The van der Waals surface area contributed by atoms with Gasteiger partial charge >= 0.3 is 0 Å². The third kappa shape index (κ3) is 2.81. The van der Waals surface area contributed by atoms with Crippen LogP contribution in [0.5, 0.6) is 5.75 Å². The number of aromatic nitrogens is 1. The maximum absolute atomic E-state index is 6.15. The van der Waals surface area contributed by atoms with Crippen molar-refractivity contribution in [3.05, 3.63) is 30.0 Å². The first kappa shape index (κ1) is 15.9. The molecular formula is C19H26N2O3. The fraction of sp³-hybridized carbons (Fsp3) is 0.579. The van der Waals surface area contributed by atoms with Crippen molar-refractivity contribution in [3.8, 4) is 5.75 Å². The zero-order chi connectivity index (χ0) is 16.6. The number of hydrogen-bond acceptors (Lipinski definition) is 4. The molecular weight excluding hydrogens is 304 g/mol. The molecule has 0 bridgehead atoms. The molecule has 24 heavy (non-hydrogen) atoms. The van der Waals surface area contributed by atoms with Crippen LogP contribution >= 0.6 is 0 Å².